The highest BCUT2D eigenvalue weighted by molar-refractivity contribution is 5.79. The van der Waals surface area contributed by atoms with Crippen LogP contribution in [0.1, 0.15) is 44.4 Å². The highest BCUT2D eigenvalue weighted by Crippen LogP contribution is 2.28. The zero-order valence-electron chi connectivity index (χ0n) is 15.0. The molecule has 1 aliphatic heterocycles. The average molecular weight is 355 g/mol. The van der Waals surface area contributed by atoms with E-state index in [1.807, 2.05) is 35.2 Å². The van der Waals surface area contributed by atoms with E-state index in [9.17, 15) is 4.79 Å². The third-order valence-corrected chi connectivity index (χ3v) is 5.34. The number of nitrogens with zero attached hydrogens (tertiary/aromatic N) is 3. The van der Waals surface area contributed by atoms with Gasteiger partial charge < -0.3 is 14.2 Å². The molecule has 0 bridgehead atoms. The summed E-state index contributed by atoms with van der Waals surface area (Å²) in [6.45, 7) is 1.82. The summed E-state index contributed by atoms with van der Waals surface area (Å²) in [4.78, 5) is 19.0. The Morgan fingerprint density at radius 2 is 1.96 bits per heavy atom. The molecular weight excluding hydrogens is 330 g/mol. The van der Waals surface area contributed by atoms with Gasteiger partial charge >= 0.3 is 0 Å². The molecule has 2 aliphatic rings. The summed E-state index contributed by atoms with van der Waals surface area (Å²) < 4.78 is 11.3. The largest absolute Gasteiger partial charge is 0.367 e. The second kappa shape index (κ2) is 7.99. The molecule has 1 saturated carbocycles. The minimum atomic E-state index is 0.0428. The molecule has 6 nitrogen and oxygen atoms in total. The number of aromatic nitrogens is 2. The smallest absolute Gasteiger partial charge is 0.252 e. The Bertz CT molecular complexity index is 725. The first-order chi connectivity index (χ1) is 12.8. The van der Waals surface area contributed by atoms with Crippen molar-refractivity contribution in [3.63, 3.8) is 0 Å². The molecule has 0 unspecified atom stereocenters. The number of ether oxygens (including phenoxy) is 1. The number of rotatable bonds is 5. The normalized spacial score (nSPS) is 21.2. The minimum absolute atomic E-state index is 0.0428. The maximum absolute atomic E-state index is 12.6. The van der Waals surface area contributed by atoms with E-state index in [1.54, 1.807) is 0 Å². The van der Waals surface area contributed by atoms with Gasteiger partial charge in [0, 0.05) is 24.6 Å². The van der Waals surface area contributed by atoms with Crippen molar-refractivity contribution >= 4 is 5.91 Å². The van der Waals surface area contributed by atoms with Gasteiger partial charge in [0.2, 0.25) is 11.7 Å². The molecule has 26 heavy (non-hydrogen) atoms. The van der Waals surface area contributed by atoms with Crippen LogP contribution in [0.25, 0.3) is 11.4 Å². The van der Waals surface area contributed by atoms with E-state index in [0.29, 0.717) is 24.2 Å². The van der Waals surface area contributed by atoms with Gasteiger partial charge in [-0.25, -0.2) is 0 Å². The lowest BCUT2D eigenvalue weighted by Crippen LogP contribution is -2.45. The van der Waals surface area contributed by atoms with E-state index >= 15 is 0 Å². The van der Waals surface area contributed by atoms with Crippen LogP contribution in [-0.4, -0.2) is 40.1 Å². The number of hydrogen-bond donors (Lipinski definition) is 0. The van der Waals surface area contributed by atoms with Gasteiger partial charge in [-0.2, -0.15) is 4.98 Å². The summed E-state index contributed by atoms with van der Waals surface area (Å²) in [5.74, 6) is 1.60. The Morgan fingerprint density at radius 3 is 2.77 bits per heavy atom. The van der Waals surface area contributed by atoms with Gasteiger partial charge in [-0.05, 0) is 25.7 Å². The fourth-order valence-corrected chi connectivity index (χ4v) is 3.91. The van der Waals surface area contributed by atoms with Crippen molar-refractivity contribution in [1.82, 2.24) is 15.0 Å². The molecule has 0 spiro atoms. The fraction of sp³-hybridized carbons (Fsp3) is 0.550. The molecule has 1 atom stereocenters. The van der Waals surface area contributed by atoms with Crippen molar-refractivity contribution in [3.05, 3.63) is 36.2 Å². The van der Waals surface area contributed by atoms with Gasteiger partial charge in [0.15, 0.2) is 0 Å². The highest BCUT2D eigenvalue weighted by atomic mass is 16.5. The lowest BCUT2D eigenvalue weighted by Gasteiger charge is -2.34. The Morgan fingerprint density at radius 1 is 1.15 bits per heavy atom. The summed E-state index contributed by atoms with van der Waals surface area (Å²) in [6, 6.07) is 9.74. The van der Waals surface area contributed by atoms with Gasteiger partial charge in [-0.15, -0.1) is 0 Å². The fourth-order valence-electron chi connectivity index (χ4n) is 3.91. The van der Waals surface area contributed by atoms with Crippen molar-refractivity contribution < 1.29 is 14.1 Å². The van der Waals surface area contributed by atoms with E-state index in [2.05, 4.69) is 10.1 Å². The molecule has 1 amide bonds. The van der Waals surface area contributed by atoms with Crippen LogP contribution in [-0.2, 0) is 16.1 Å². The molecule has 0 N–H and O–H groups in total. The number of amides is 1. The van der Waals surface area contributed by atoms with Crippen LogP contribution in [0.2, 0.25) is 0 Å². The van der Waals surface area contributed by atoms with Crippen LogP contribution in [0, 0.1) is 5.92 Å². The van der Waals surface area contributed by atoms with Crippen LogP contribution in [0.5, 0.6) is 0 Å². The maximum atomic E-state index is 12.6. The summed E-state index contributed by atoms with van der Waals surface area (Å²) in [6.07, 6.45) is 6.46. The van der Waals surface area contributed by atoms with E-state index in [1.165, 1.54) is 12.8 Å². The average Bonchev–Trinajstić information content (AvgIpc) is 3.39. The zero-order chi connectivity index (χ0) is 17.8. The lowest BCUT2D eigenvalue weighted by molar-refractivity contribution is -0.140. The summed E-state index contributed by atoms with van der Waals surface area (Å²) in [5, 5.41) is 4.02. The molecular formula is C20H25N3O3. The second-order valence-corrected chi connectivity index (χ2v) is 7.22. The highest BCUT2D eigenvalue weighted by Gasteiger charge is 2.31. The van der Waals surface area contributed by atoms with Crippen LogP contribution in [0.3, 0.4) is 0 Å². The van der Waals surface area contributed by atoms with Crippen LogP contribution >= 0.6 is 0 Å². The first-order valence-corrected chi connectivity index (χ1v) is 9.58. The van der Waals surface area contributed by atoms with Crippen LogP contribution in [0.4, 0.5) is 0 Å². The SMILES string of the molecule is O=C(C1CCCC1)N1CCC[C@H](OCc2nc(-c3ccccc3)no2)C1. The molecule has 1 aliphatic carbocycles. The third-order valence-electron chi connectivity index (χ3n) is 5.34. The molecule has 1 aromatic carbocycles. The predicted octanol–water partition coefficient (Wildman–Crippen LogP) is 3.43. The maximum Gasteiger partial charge on any atom is 0.252 e. The van der Waals surface area contributed by atoms with Gasteiger partial charge in [-0.3, -0.25) is 4.79 Å². The van der Waals surface area contributed by atoms with E-state index < -0.39 is 0 Å². The number of likely N-dealkylation sites (tertiary alicyclic amines) is 1. The van der Waals surface area contributed by atoms with E-state index in [4.69, 9.17) is 9.26 Å². The quantitative estimate of drug-likeness (QED) is 0.822. The number of hydrogen-bond acceptors (Lipinski definition) is 5. The van der Waals surface area contributed by atoms with Crippen molar-refractivity contribution in [3.8, 4) is 11.4 Å². The summed E-state index contributed by atoms with van der Waals surface area (Å²) in [7, 11) is 0. The molecule has 2 heterocycles. The van der Waals surface area contributed by atoms with Gasteiger partial charge in [0.25, 0.3) is 5.89 Å². The molecule has 1 saturated heterocycles. The first kappa shape index (κ1) is 17.2. The van der Waals surface area contributed by atoms with E-state index in [-0.39, 0.29) is 18.6 Å². The molecule has 2 fully saturated rings. The summed E-state index contributed by atoms with van der Waals surface area (Å²) >= 11 is 0. The molecule has 4 rings (SSSR count). The Labute approximate surface area is 153 Å². The monoisotopic (exact) mass is 355 g/mol. The van der Waals surface area contributed by atoms with E-state index in [0.717, 1.165) is 37.8 Å². The minimum Gasteiger partial charge on any atom is -0.367 e. The summed E-state index contributed by atoms with van der Waals surface area (Å²) in [5.41, 5.74) is 0.925. The Kier molecular flexibility index (Phi) is 5.29. The standard InChI is InChI=1S/C20H25N3O3/c24-20(16-9-4-5-10-16)23-12-6-11-17(13-23)25-14-18-21-19(22-26-18)15-7-2-1-3-8-15/h1-3,7-8,16-17H,4-6,9-14H2/t17-/m0/s1. The number of carbonyl (C=O) groups excluding carboxylic acids is 1. The Hall–Kier alpha value is -2.21. The second-order valence-electron chi connectivity index (χ2n) is 7.22. The Balaban J connectivity index is 1.30. The van der Waals surface area contributed by atoms with Crippen molar-refractivity contribution in [2.24, 2.45) is 5.92 Å². The predicted molar refractivity (Wildman–Crippen MR) is 96.1 cm³/mol. The number of benzene rings is 1. The van der Waals surface area contributed by atoms with Crippen LogP contribution < -0.4 is 0 Å². The van der Waals surface area contributed by atoms with Crippen molar-refractivity contribution in [2.75, 3.05) is 13.1 Å². The third kappa shape index (κ3) is 3.96. The topological polar surface area (TPSA) is 68.5 Å². The van der Waals surface area contributed by atoms with Gasteiger partial charge in [-0.1, -0.05) is 48.3 Å². The molecule has 6 heteroatoms. The van der Waals surface area contributed by atoms with Crippen LogP contribution in [0.15, 0.2) is 34.9 Å². The van der Waals surface area contributed by atoms with Gasteiger partial charge in [0.1, 0.15) is 6.61 Å². The molecule has 0 radical (unpaired) electrons. The first-order valence-electron chi connectivity index (χ1n) is 9.58. The lowest BCUT2D eigenvalue weighted by atomic mass is 10.0. The number of piperidine rings is 1. The molecule has 138 valence electrons. The van der Waals surface area contributed by atoms with Crippen molar-refractivity contribution in [2.45, 2.75) is 51.2 Å². The van der Waals surface area contributed by atoms with Gasteiger partial charge in [0.05, 0.1) is 6.10 Å². The molecule has 2 aromatic rings. The zero-order valence-corrected chi connectivity index (χ0v) is 15.0. The van der Waals surface area contributed by atoms with Crippen molar-refractivity contribution in [1.29, 1.82) is 0 Å². The number of carbonyl (C=O) groups is 1. The molecule has 1 aromatic heterocycles.